The van der Waals surface area contributed by atoms with E-state index in [1.165, 1.54) is 5.56 Å². The molecule has 0 saturated heterocycles. The Morgan fingerprint density at radius 3 is 2.70 bits per heavy atom. The van der Waals surface area contributed by atoms with Gasteiger partial charge in [-0.3, -0.25) is 4.98 Å². The predicted octanol–water partition coefficient (Wildman–Crippen LogP) is 3.94. The minimum absolute atomic E-state index is 0.456. The van der Waals surface area contributed by atoms with Gasteiger partial charge in [-0.15, -0.1) is 0 Å². The van der Waals surface area contributed by atoms with Crippen molar-refractivity contribution in [2.45, 2.75) is 13.0 Å². The van der Waals surface area contributed by atoms with Crippen LogP contribution in [0.5, 0.6) is 0 Å². The summed E-state index contributed by atoms with van der Waals surface area (Å²) in [5.74, 6) is 0. The minimum atomic E-state index is 0.456. The minimum Gasteiger partial charge on any atom is -0.326 e. The molecule has 100 valence electrons. The molecule has 2 nitrogen and oxygen atoms in total. The largest absolute Gasteiger partial charge is 0.326 e. The van der Waals surface area contributed by atoms with Crippen molar-refractivity contribution in [3.8, 4) is 0 Å². The molecule has 2 aromatic carbocycles. The Kier molecular flexibility index (Phi) is 3.68. The summed E-state index contributed by atoms with van der Waals surface area (Å²) in [5.41, 5.74) is 9.92. The van der Waals surface area contributed by atoms with Crippen molar-refractivity contribution in [1.29, 1.82) is 0 Å². The van der Waals surface area contributed by atoms with Gasteiger partial charge in [-0.2, -0.15) is 0 Å². The van der Waals surface area contributed by atoms with Crippen LogP contribution in [0.25, 0.3) is 10.9 Å². The zero-order chi connectivity index (χ0) is 13.9. The monoisotopic (exact) mass is 282 g/mol. The van der Waals surface area contributed by atoms with Crippen LogP contribution in [-0.2, 0) is 13.0 Å². The summed E-state index contributed by atoms with van der Waals surface area (Å²) in [5, 5.41) is 1.89. The molecule has 1 heterocycles. The van der Waals surface area contributed by atoms with Crippen LogP contribution in [0, 0.1) is 0 Å². The van der Waals surface area contributed by atoms with E-state index in [0.29, 0.717) is 6.54 Å². The van der Waals surface area contributed by atoms with Gasteiger partial charge in [0.25, 0.3) is 0 Å². The molecule has 0 spiro atoms. The molecule has 0 bridgehead atoms. The SMILES string of the molecule is NCc1cc(Cc2ccc3ccccc3n2)ccc1Cl. The summed E-state index contributed by atoms with van der Waals surface area (Å²) >= 11 is 6.08. The zero-order valence-electron chi connectivity index (χ0n) is 11.0. The molecular weight excluding hydrogens is 268 g/mol. The van der Waals surface area contributed by atoms with Gasteiger partial charge in [-0.1, -0.05) is 48.0 Å². The summed E-state index contributed by atoms with van der Waals surface area (Å²) < 4.78 is 0. The highest BCUT2D eigenvalue weighted by Gasteiger charge is 2.03. The second-order valence-electron chi connectivity index (χ2n) is 4.80. The molecule has 3 aromatic rings. The number of aromatic nitrogens is 1. The highest BCUT2D eigenvalue weighted by atomic mass is 35.5. The van der Waals surface area contributed by atoms with Crippen LogP contribution < -0.4 is 5.73 Å². The lowest BCUT2D eigenvalue weighted by molar-refractivity contribution is 1.04. The zero-order valence-corrected chi connectivity index (χ0v) is 11.8. The number of nitrogens with zero attached hydrogens (tertiary/aromatic N) is 1. The van der Waals surface area contributed by atoms with Crippen molar-refractivity contribution in [3.63, 3.8) is 0 Å². The summed E-state index contributed by atoms with van der Waals surface area (Å²) in [6.45, 7) is 0.456. The topological polar surface area (TPSA) is 38.9 Å². The maximum Gasteiger partial charge on any atom is 0.0705 e. The fraction of sp³-hybridized carbons (Fsp3) is 0.118. The average Bonchev–Trinajstić information content (AvgIpc) is 2.49. The summed E-state index contributed by atoms with van der Waals surface area (Å²) in [6, 6.07) is 18.3. The third-order valence-electron chi connectivity index (χ3n) is 3.37. The Bertz CT molecular complexity index is 753. The smallest absolute Gasteiger partial charge is 0.0705 e. The molecule has 0 aliphatic carbocycles. The molecule has 0 aliphatic heterocycles. The van der Waals surface area contributed by atoms with Crippen LogP contribution in [0.15, 0.2) is 54.6 Å². The molecule has 2 N–H and O–H groups in total. The summed E-state index contributed by atoms with van der Waals surface area (Å²) in [6.07, 6.45) is 0.787. The Balaban J connectivity index is 1.92. The number of hydrogen-bond donors (Lipinski definition) is 1. The van der Waals surface area contributed by atoms with E-state index in [1.807, 2.05) is 30.3 Å². The standard InChI is InChI=1S/C17H15ClN2/c18-16-8-5-12(9-14(16)11-19)10-15-7-6-13-3-1-2-4-17(13)20-15/h1-9H,10-11,19H2. The van der Waals surface area contributed by atoms with Gasteiger partial charge in [0, 0.05) is 29.1 Å². The van der Waals surface area contributed by atoms with Gasteiger partial charge in [-0.25, -0.2) is 0 Å². The number of rotatable bonds is 3. The maximum atomic E-state index is 6.08. The van der Waals surface area contributed by atoms with Crippen LogP contribution in [0.1, 0.15) is 16.8 Å². The van der Waals surface area contributed by atoms with Crippen molar-refractivity contribution in [2.24, 2.45) is 5.73 Å². The highest BCUT2D eigenvalue weighted by Crippen LogP contribution is 2.20. The van der Waals surface area contributed by atoms with Crippen LogP contribution in [-0.4, -0.2) is 4.98 Å². The van der Waals surface area contributed by atoms with Crippen molar-refractivity contribution < 1.29 is 0 Å². The van der Waals surface area contributed by atoms with Gasteiger partial charge in [0.05, 0.1) is 5.52 Å². The van der Waals surface area contributed by atoms with Gasteiger partial charge < -0.3 is 5.73 Å². The average molecular weight is 283 g/mol. The predicted molar refractivity (Wildman–Crippen MR) is 83.9 cm³/mol. The van der Waals surface area contributed by atoms with Gasteiger partial charge in [0.2, 0.25) is 0 Å². The van der Waals surface area contributed by atoms with Gasteiger partial charge in [-0.05, 0) is 29.3 Å². The van der Waals surface area contributed by atoms with Crippen LogP contribution >= 0.6 is 11.6 Å². The first-order valence-electron chi connectivity index (χ1n) is 6.58. The molecule has 0 atom stereocenters. The van der Waals surface area contributed by atoms with Gasteiger partial charge in [0.1, 0.15) is 0 Å². The van der Waals surface area contributed by atoms with Crippen molar-refractivity contribution in [1.82, 2.24) is 4.98 Å². The normalized spacial score (nSPS) is 10.9. The van der Waals surface area contributed by atoms with E-state index in [1.54, 1.807) is 0 Å². The number of halogens is 1. The van der Waals surface area contributed by atoms with Crippen LogP contribution in [0.3, 0.4) is 0 Å². The van der Waals surface area contributed by atoms with E-state index in [0.717, 1.165) is 33.6 Å². The third kappa shape index (κ3) is 2.67. The first kappa shape index (κ1) is 13.1. The molecule has 1 aromatic heterocycles. The van der Waals surface area contributed by atoms with E-state index in [9.17, 15) is 0 Å². The molecule has 0 unspecified atom stereocenters. The maximum absolute atomic E-state index is 6.08. The lowest BCUT2D eigenvalue weighted by atomic mass is 10.1. The van der Waals surface area contributed by atoms with E-state index < -0.39 is 0 Å². The molecule has 20 heavy (non-hydrogen) atoms. The Morgan fingerprint density at radius 1 is 1.00 bits per heavy atom. The molecule has 0 radical (unpaired) electrons. The van der Waals surface area contributed by atoms with E-state index in [2.05, 4.69) is 29.2 Å². The molecule has 0 amide bonds. The second kappa shape index (κ2) is 5.61. The number of para-hydroxylation sites is 1. The van der Waals surface area contributed by atoms with Gasteiger partial charge >= 0.3 is 0 Å². The fourth-order valence-corrected chi connectivity index (χ4v) is 2.51. The van der Waals surface area contributed by atoms with Crippen molar-refractivity contribution in [2.75, 3.05) is 0 Å². The third-order valence-corrected chi connectivity index (χ3v) is 3.74. The molecular formula is C17H15ClN2. The summed E-state index contributed by atoms with van der Waals surface area (Å²) in [4.78, 5) is 4.68. The number of fused-ring (bicyclic) bond motifs is 1. The highest BCUT2D eigenvalue weighted by molar-refractivity contribution is 6.31. The Hall–Kier alpha value is -1.90. The van der Waals surface area contributed by atoms with E-state index in [-0.39, 0.29) is 0 Å². The van der Waals surface area contributed by atoms with Crippen molar-refractivity contribution in [3.05, 3.63) is 76.4 Å². The fourth-order valence-electron chi connectivity index (χ4n) is 2.31. The number of pyridine rings is 1. The number of hydrogen-bond acceptors (Lipinski definition) is 2. The quantitative estimate of drug-likeness (QED) is 0.790. The first-order chi connectivity index (χ1) is 9.76. The summed E-state index contributed by atoms with van der Waals surface area (Å²) in [7, 11) is 0. The number of nitrogens with two attached hydrogens (primary N) is 1. The van der Waals surface area contributed by atoms with Gasteiger partial charge in [0.15, 0.2) is 0 Å². The molecule has 3 heteroatoms. The number of benzene rings is 2. The van der Waals surface area contributed by atoms with E-state index >= 15 is 0 Å². The molecule has 0 saturated carbocycles. The van der Waals surface area contributed by atoms with Crippen LogP contribution in [0.2, 0.25) is 5.02 Å². The first-order valence-corrected chi connectivity index (χ1v) is 6.96. The van der Waals surface area contributed by atoms with Crippen molar-refractivity contribution >= 4 is 22.5 Å². The Morgan fingerprint density at radius 2 is 1.85 bits per heavy atom. The lowest BCUT2D eigenvalue weighted by Crippen LogP contribution is -1.99. The van der Waals surface area contributed by atoms with E-state index in [4.69, 9.17) is 17.3 Å². The van der Waals surface area contributed by atoms with Crippen LogP contribution in [0.4, 0.5) is 0 Å². The Labute approximate surface area is 123 Å². The molecule has 3 rings (SSSR count). The second-order valence-corrected chi connectivity index (χ2v) is 5.21. The molecule has 0 fully saturated rings. The molecule has 0 aliphatic rings. The lowest BCUT2D eigenvalue weighted by Gasteiger charge is -2.06.